The number of hydrogen-bond acceptors (Lipinski definition) is 4. The zero-order valence-corrected chi connectivity index (χ0v) is 14.9. The quantitative estimate of drug-likeness (QED) is 0.568. The molecule has 1 fully saturated rings. The summed E-state index contributed by atoms with van der Waals surface area (Å²) < 4.78 is 70.5. The van der Waals surface area contributed by atoms with E-state index in [1.54, 1.807) is 0 Å². The van der Waals surface area contributed by atoms with Crippen LogP contribution in [0.25, 0.3) is 6.08 Å². The van der Waals surface area contributed by atoms with Gasteiger partial charge in [-0.3, -0.25) is 0 Å². The van der Waals surface area contributed by atoms with Gasteiger partial charge in [0.05, 0.1) is 23.2 Å². The Bertz CT molecular complexity index is 829. The van der Waals surface area contributed by atoms with Crippen LogP contribution in [0.15, 0.2) is 28.7 Å². The smallest absolute Gasteiger partial charge is 0.416 e. The molecule has 10 heteroatoms. The molecule has 1 heterocycles. The third-order valence-electron chi connectivity index (χ3n) is 3.82. The number of carboxylic acids is 1. The van der Waals surface area contributed by atoms with Gasteiger partial charge in [0.1, 0.15) is 0 Å². The second-order valence-electron chi connectivity index (χ2n) is 5.86. The molecule has 1 atom stereocenters. The Morgan fingerprint density at radius 2 is 2.00 bits per heavy atom. The standard InChI is InChI=1S/C16H18F3NO5S/c1-3-11(15(21)22)4-10-5-12(16(17,18)19)7-14(6-10)26(23,24)20(2)8-13-9-25-13/h4-7,13H,3,8-9H2,1-2H3,(H,21,22)/t13-/m0/s1. The Kier molecular flexibility index (Phi) is 5.79. The molecule has 0 aliphatic carbocycles. The summed E-state index contributed by atoms with van der Waals surface area (Å²) >= 11 is 0. The minimum Gasteiger partial charge on any atom is -0.478 e. The van der Waals surface area contributed by atoms with Gasteiger partial charge in [0.25, 0.3) is 0 Å². The molecule has 0 bridgehead atoms. The lowest BCUT2D eigenvalue weighted by molar-refractivity contribution is -0.137. The van der Waals surface area contributed by atoms with Crippen LogP contribution in [0.1, 0.15) is 24.5 Å². The number of sulfonamides is 1. The predicted octanol–water partition coefficient (Wildman–Crippen LogP) is 2.60. The fourth-order valence-electron chi connectivity index (χ4n) is 2.27. The van der Waals surface area contributed by atoms with Gasteiger partial charge < -0.3 is 9.84 Å². The van der Waals surface area contributed by atoms with Gasteiger partial charge in [-0.05, 0) is 36.3 Å². The molecule has 1 aromatic rings. The molecule has 1 saturated heterocycles. The Labute approximate surface area is 148 Å². The number of hydrogen-bond donors (Lipinski definition) is 1. The number of aliphatic carboxylic acids is 1. The second-order valence-corrected chi connectivity index (χ2v) is 7.90. The maximum Gasteiger partial charge on any atom is 0.416 e. The van der Waals surface area contributed by atoms with Gasteiger partial charge in [-0.25, -0.2) is 13.2 Å². The van der Waals surface area contributed by atoms with Gasteiger partial charge in [-0.1, -0.05) is 6.92 Å². The van der Waals surface area contributed by atoms with Crippen LogP contribution in [-0.4, -0.2) is 50.1 Å². The molecule has 0 amide bonds. The van der Waals surface area contributed by atoms with E-state index in [2.05, 4.69) is 0 Å². The highest BCUT2D eigenvalue weighted by Gasteiger charge is 2.35. The van der Waals surface area contributed by atoms with E-state index in [9.17, 15) is 26.4 Å². The van der Waals surface area contributed by atoms with Crippen LogP contribution in [0.2, 0.25) is 0 Å². The number of nitrogens with zero attached hydrogens (tertiary/aromatic N) is 1. The molecule has 1 aliphatic rings. The maximum absolute atomic E-state index is 13.2. The summed E-state index contributed by atoms with van der Waals surface area (Å²) in [6.07, 6.45) is -3.92. The number of epoxide rings is 1. The van der Waals surface area contributed by atoms with Gasteiger partial charge in [0, 0.05) is 19.2 Å². The summed E-state index contributed by atoms with van der Waals surface area (Å²) in [7, 11) is -2.93. The summed E-state index contributed by atoms with van der Waals surface area (Å²) in [6.45, 7) is 1.96. The highest BCUT2D eigenvalue weighted by Crippen LogP contribution is 2.33. The topological polar surface area (TPSA) is 87.2 Å². The molecule has 2 rings (SSSR count). The van der Waals surface area contributed by atoms with Crippen molar-refractivity contribution in [3.8, 4) is 0 Å². The van der Waals surface area contributed by atoms with Crippen LogP contribution in [0.3, 0.4) is 0 Å². The molecule has 0 spiro atoms. The number of carboxylic acid groups (broad SMARTS) is 1. The average molecular weight is 393 g/mol. The van der Waals surface area contributed by atoms with E-state index in [0.717, 1.165) is 22.5 Å². The van der Waals surface area contributed by atoms with Crippen molar-refractivity contribution in [3.05, 3.63) is 34.9 Å². The molecule has 1 N–H and O–H groups in total. The van der Waals surface area contributed by atoms with Crippen LogP contribution in [0.5, 0.6) is 0 Å². The minimum atomic E-state index is -4.78. The number of rotatable bonds is 7. The Hall–Kier alpha value is -1.91. The molecule has 26 heavy (non-hydrogen) atoms. The molecule has 1 aliphatic heterocycles. The molecule has 144 valence electrons. The summed E-state index contributed by atoms with van der Waals surface area (Å²) in [5.74, 6) is -1.28. The van der Waals surface area contributed by atoms with Crippen molar-refractivity contribution in [2.24, 2.45) is 0 Å². The molecule has 1 aromatic carbocycles. The van der Waals surface area contributed by atoms with E-state index < -0.39 is 32.6 Å². The first-order valence-corrected chi connectivity index (χ1v) is 9.13. The number of carbonyl (C=O) groups is 1. The zero-order chi connectivity index (χ0) is 19.7. The summed E-state index contributed by atoms with van der Waals surface area (Å²) in [5.41, 5.74) is -1.44. The third kappa shape index (κ3) is 4.83. The van der Waals surface area contributed by atoms with Crippen molar-refractivity contribution < 1.29 is 36.2 Å². The largest absolute Gasteiger partial charge is 0.478 e. The molecular formula is C16H18F3NO5S. The van der Waals surface area contributed by atoms with Crippen LogP contribution in [0, 0.1) is 0 Å². The molecule has 0 saturated carbocycles. The molecule has 6 nitrogen and oxygen atoms in total. The van der Waals surface area contributed by atoms with E-state index in [1.165, 1.54) is 14.0 Å². The van der Waals surface area contributed by atoms with E-state index in [1.807, 2.05) is 0 Å². The van der Waals surface area contributed by atoms with E-state index >= 15 is 0 Å². The number of halogens is 3. The highest BCUT2D eigenvalue weighted by molar-refractivity contribution is 7.89. The number of likely N-dealkylation sites (N-methyl/N-ethyl adjacent to an activating group) is 1. The fraction of sp³-hybridized carbons (Fsp3) is 0.438. The minimum absolute atomic E-state index is 0.0269. The van der Waals surface area contributed by atoms with Crippen molar-refractivity contribution in [1.29, 1.82) is 0 Å². The number of benzene rings is 1. The fourth-order valence-corrected chi connectivity index (χ4v) is 3.56. The van der Waals surface area contributed by atoms with E-state index in [-0.39, 0.29) is 30.2 Å². The first kappa shape index (κ1) is 20.4. The Morgan fingerprint density at radius 3 is 2.46 bits per heavy atom. The van der Waals surface area contributed by atoms with Crippen molar-refractivity contribution >= 4 is 22.1 Å². The van der Waals surface area contributed by atoms with Gasteiger partial charge in [0.2, 0.25) is 10.0 Å². The molecule has 0 aromatic heterocycles. The van der Waals surface area contributed by atoms with Gasteiger partial charge in [-0.15, -0.1) is 0 Å². The second kappa shape index (κ2) is 7.37. The summed E-state index contributed by atoms with van der Waals surface area (Å²) in [6, 6.07) is 2.30. The lowest BCUT2D eigenvalue weighted by Crippen LogP contribution is -2.30. The zero-order valence-electron chi connectivity index (χ0n) is 14.1. The first-order chi connectivity index (χ1) is 11.9. The monoisotopic (exact) mass is 393 g/mol. The maximum atomic E-state index is 13.2. The lowest BCUT2D eigenvalue weighted by Gasteiger charge is -2.18. The lowest BCUT2D eigenvalue weighted by atomic mass is 10.1. The average Bonchev–Trinajstić information content (AvgIpc) is 3.35. The molecule has 0 radical (unpaired) electrons. The van der Waals surface area contributed by atoms with Crippen molar-refractivity contribution in [2.45, 2.75) is 30.5 Å². The molecule has 0 unspecified atom stereocenters. The Morgan fingerprint density at radius 1 is 1.38 bits per heavy atom. The predicted molar refractivity (Wildman–Crippen MR) is 86.9 cm³/mol. The normalized spacial score (nSPS) is 18.2. The first-order valence-electron chi connectivity index (χ1n) is 7.69. The summed E-state index contributed by atoms with van der Waals surface area (Å²) in [4.78, 5) is 10.6. The van der Waals surface area contributed by atoms with Crippen LogP contribution < -0.4 is 0 Å². The summed E-state index contributed by atoms with van der Waals surface area (Å²) in [5, 5.41) is 9.06. The third-order valence-corrected chi connectivity index (χ3v) is 5.63. The van der Waals surface area contributed by atoms with Crippen LogP contribution >= 0.6 is 0 Å². The van der Waals surface area contributed by atoms with Crippen molar-refractivity contribution in [1.82, 2.24) is 4.31 Å². The van der Waals surface area contributed by atoms with Crippen LogP contribution in [-0.2, 0) is 25.7 Å². The number of ether oxygens (including phenoxy) is 1. The Balaban J connectivity index is 2.54. The van der Waals surface area contributed by atoms with Gasteiger partial charge >= 0.3 is 12.1 Å². The highest BCUT2D eigenvalue weighted by atomic mass is 32.2. The van der Waals surface area contributed by atoms with E-state index in [0.29, 0.717) is 12.7 Å². The number of alkyl halides is 3. The van der Waals surface area contributed by atoms with E-state index in [4.69, 9.17) is 9.84 Å². The van der Waals surface area contributed by atoms with Gasteiger partial charge in [0.15, 0.2) is 0 Å². The molecular weight excluding hydrogens is 375 g/mol. The van der Waals surface area contributed by atoms with Crippen LogP contribution in [0.4, 0.5) is 13.2 Å². The van der Waals surface area contributed by atoms with Gasteiger partial charge in [-0.2, -0.15) is 17.5 Å². The SMILES string of the molecule is CCC(=Cc1cc(C(F)(F)F)cc(S(=O)(=O)N(C)C[C@H]2CO2)c1)C(=O)O. The van der Waals surface area contributed by atoms with Crippen molar-refractivity contribution in [2.75, 3.05) is 20.2 Å². The van der Waals surface area contributed by atoms with Crippen molar-refractivity contribution in [3.63, 3.8) is 0 Å².